The number of anilines is 1. The summed E-state index contributed by atoms with van der Waals surface area (Å²) in [5.74, 6) is -1.00. The monoisotopic (exact) mass is 423 g/mol. The molecule has 0 bridgehead atoms. The van der Waals surface area contributed by atoms with E-state index in [-0.39, 0.29) is 16.8 Å². The zero-order valence-electron chi connectivity index (χ0n) is 16.3. The summed E-state index contributed by atoms with van der Waals surface area (Å²) in [7, 11) is 0. The Labute approximate surface area is 171 Å². The first-order valence-electron chi connectivity index (χ1n) is 8.86. The summed E-state index contributed by atoms with van der Waals surface area (Å²) in [5, 5.41) is 0. The maximum atomic E-state index is 13.7. The first kappa shape index (κ1) is 21.2. The fraction of sp³-hybridized carbons (Fsp3) is 0.333. The number of imide groups is 1. The molecule has 4 nitrogen and oxygen atoms in total. The van der Waals surface area contributed by atoms with Crippen molar-refractivity contribution in [1.29, 1.82) is 0 Å². The van der Waals surface area contributed by atoms with Crippen molar-refractivity contribution in [1.82, 2.24) is 0 Å². The molecule has 0 aliphatic carbocycles. The van der Waals surface area contributed by atoms with Crippen molar-refractivity contribution in [3.63, 3.8) is 0 Å². The van der Waals surface area contributed by atoms with Crippen LogP contribution in [-0.4, -0.2) is 23.1 Å². The van der Waals surface area contributed by atoms with Gasteiger partial charge in [-0.25, -0.2) is 9.69 Å². The van der Waals surface area contributed by atoms with E-state index in [1.54, 1.807) is 52.0 Å². The predicted molar refractivity (Wildman–Crippen MR) is 106 cm³/mol. The van der Waals surface area contributed by atoms with Gasteiger partial charge in [0.2, 0.25) is 0 Å². The first-order chi connectivity index (χ1) is 13.3. The molecule has 8 heteroatoms. The Morgan fingerprint density at radius 1 is 1.03 bits per heavy atom. The van der Waals surface area contributed by atoms with E-state index in [2.05, 4.69) is 0 Å². The van der Waals surface area contributed by atoms with Crippen LogP contribution >= 0.6 is 11.8 Å². The number of hydrogen-bond donors (Lipinski definition) is 0. The van der Waals surface area contributed by atoms with Crippen molar-refractivity contribution >= 4 is 29.4 Å². The van der Waals surface area contributed by atoms with Crippen molar-refractivity contribution < 1.29 is 27.5 Å². The number of aryl methyl sites for hydroxylation is 1. The van der Waals surface area contributed by atoms with Crippen molar-refractivity contribution in [3.8, 4) is 0 Å². The Bertz CT molecular complexity index is 951. The summed E-state index contributed by atoms with van der Waals surface area (Å²) < 4.78 is 44.1. The van der Waals surface area contributed by atoms with Crippen LogP contribution in [0.4, 0.5) is 23.7 Å². The lowest BCUT2D eigenvalue weighted by Gasteiger charge is -2.30. The number of rotatable bonds is 2. The Hall–Kier alpha value is -2.48. The number of fused-ring (bicyclic) bond motifs is 1. The number of hydrogen-bond acceptors (Lipinski definition) is 4. The Balaban J connectivity index is 2.24. The second kappa shape index (κ2) is 7.09. The van der Waals surface area contributed by atoms with E-state index in [0.717, 1.165) is 5.56 Å². The summed E-state index contributed by atoms with van der Waals surface area (Å²) >= 11 is -0.438. The molecule has 154 valence electrons. The van der Waals surface area contributed by atoms with Crippen molar-refractivity contribution in [3.05, 3.63) is 65.2 Å². The number of nitrogens with zero attached hydrogens (tertiary/aromatic N) is 1. The fourth-order valence-corrected chi connectivity index (χ4v) is 4.30. The van der Waals surface area contributed by atoms with Gasteiger partial charge < -0.3 is 4.74 Å². The molecule has 3 rings (SSSR count). The average molecular weight is 423 g/mol. The van der Waals surface area contributed by atoms with Crippen LogP contribution in [0, 0.1) is 6.92 Å². The predicted octanol–water partition coefficient (Wildman–Crippen LogP) is 5.77. The highest BCUT2D eigenvalue weighted by Gasteiger charge is 2.60. The maximum absolute atomic E-state index is 13.7. The van der Waals surface area contributed by atoms with E-state index in [1.165, 1.54) is 24.3 Å². The molecule has 2 aromatic rings. The lowest BCUT2D eigenvalue weighted by Crippen LogP contribution is -2.45. The minimum atomic E-state index is -4.72. The maximum Gasteiger partial charge on any atom is 0.443 e. The topological polar surface area (TPSA) is 46.6 Å². The zero-order valence-corrected chi connectivity index (χ0v) is 17.1. The van der Waals surface area contributed by atoms with Gasteiger partial charge in [0.25, 0.3) is 5.91 Å². The van der Waals surface area contributed by atoms with E-state index >= 15 is 0 Å². The highest BCUT2D eigenvalue weighted by atomic mass is 32.2. The fourth-order valence-electron chi connectivity index (χ4n) is 3.24. The molecule has 1 aliphatic rings. The lowest BCUT2D eigenvalue weighted by molar-refractivity contribution is -0.119. The molecule has 2 aromatic carbocycles. The van der Waals surface area contributed by atoms with E-state index in [1.807, 2.05) is 0 Å². The number of carbonyl (C=O) groups is 2. The average Bonchev–Trinajstić information content (AvgIpc) is 2.82. The normalized spacial score (nSPS) is 19.3. The van der Waals surface area contributed by atoms with Crippen LogP contribution in [0.1, 0.15) is 37.5 Å². The number of amides is 2. The minimum Gasteiger partial charge on any atom is -0.443 e. The molecule has 29 heavy (non-hydrogen) atoms. The van der Waals surface area contributed by atoms with Gasteiger partial charge in [0, 0.05) is 5.56 Å². The zero-order chi connectivity index (χ0) is 21.6. The first-order valence-corrected chi connectivity index (χ1v) is 9.68. The third-order valence-corrected chi connectivity index (χ3v) is 5.50. The smallest absolute Gasteiger partial charge is 0.443 e. The van der Waals surface area contributed by atoms with Gasteiger partial charge in [-0.2, -0.15) is 13.2 Å². The molecule has 0 saturated carbocycles. The number of carbonyl (C=O) groups excluding carboxylic acids is 2. The van der Waals surface area contributed by atoms with Crippen LogP contribution < -0.4 is 4.90 Å². The van der Waals surface area contributed by atoms with Crippen LogP contribution in [0.15, 0.2) is 48.5 Å². The summed E-state index contributed by atoms with van der Waals surface area (Å²) in [5.41, 5.74) is -4.47. The largest absolute Gasteiger partial charge is 0.443 e. The van der Waals surface area contributed by atoms with E-state index in [9.17, 15) is 22.8 Å². The molecule has 1 atom stereocenters. The molecule has 0 radical (unpaired) electrons. The van der Waals surface area contributed by atoms with Gasteiger partial charge in [-0.1, -0.05) is 48.0 Å². The third kappa shape index (κ3) is 3.99. The Kier molecular flexibility index (Phi) is 5.19. The Morgan fingerprint density at radius 2 is 1.62 bits per heavy atom. The van der Waals surface area contributed by atoms with Gasteiger partial charge in [-0.3, -0.25) is 4.79 Å². The van der Waals surface area contributed by atoms with Gasteiger partial charge in [0.1, 0.15) is 5.60 Å². The minimum absolute atomic E-state index is 0.0871. The van der Waals surface area contributed by atoms with Crippen LogP contribution in [0.5, 0.6) is 0 Å². The SMILES string of the molecule is Cc1ccc([C@@]2(SC(F)(F)F)C(=O)N(C(=O)OC(C)(C)C)c3ccccc32)cc1. The van der Waals surface area contributed by atoms with E-state index < -0.39 is 39.6 Å². The van der Waals surface area contributed by atoms with Crippen molar-refractivity contribution in [2.24, 2.45) is 0 Å². The van der Waals surface area contributed by atoms with Gasteiger partial charge in [0.05, 0.1) is 5.69 Å². The molecular formula is C21H20F3NO3S. The molecule has 0 unspecified atom stereocenters. The molecule has 1 aliphatic heterocycles. The molecule has 0 saturated heterocycles. The van der Waals surface area contributed by atoms with Crippen molar-refractivity contribution in [2.45, 2.75) is 43.6 Å². The van der Waals surface area contributed by atoms with Gasteiger partial charge in [0.15, 0.2) is 4.75 Å². The van der Waals surface area contributed by atoms with Gasteiger partial charge in [-0.05, 0) is 51.1 Å². The molecule has 0 aromatic heterocycles. The number of para-hydroxylation sites is 1. The van der Waals surface area contributed by atoms with Gasteiger partial charge in [-0.15, -0.1) is 0 Å². The summed E-state index contributed by atoms with van der Waals surface area (Å²) in [6.07, 6.45) is -1.01. The van der Waals surface area contributed by atoms with Crippen LogP contribution in [0.3, 0.4) is 0 Å². The van der Waals surface area contributed by atoms with Gasteiger partial charge >= 0.3 is 11.6 Å². The summed E-state index contributed by atoms with van der Waals surface area (Å²) in [4.78, 5) is 27.0. The molecule has 0 N–H and O–H groups in total. The highest BCUT2D eigenvalue weighted by Crippen LogP contribution is 2.57. The summed E-state index contributed by atoms with van der Waals surface area (Å²) in [6, 6.07) is 12.3. The molecular weight excluding hydrogens is 403 g/mol. The molecule has 0 fully saturated rings. The Morgan fingerprint density at radius 3 is 2.17 bits per heavy atom. The quantitative estimate of drug-likeness (QED) is 0.615. The van der Waals surface area contributed by atoms with E-state index in [4.69, 9.17) is 4.74 Å². The van der Waals surface area contributed by atoms with Crippen molar-refractivity contribution in [2.75, 3.05) is 4.90 Å². The van der Waals surface area contributed by atoms with E-state index in [0.29, 0.717) is 4.90 Å². The number of halogens is 3. The standard InChI is InChI=1S/C21H20F3NO3S/c1-13-9-11-14(12-10-13)20(29-21(22,23)24)15-7-5-6-8-16(15)25(17(20)26)18(27)28-19(2,3)4/h5-12H,1-4H3/t20-/m0/s1. The second-order valence-electron chi connectivity index (χ2n) is 7.73. The number of alkyl halides is 3. The summed E-state index contributed by atoms with van der Waals surface area (Å²) in [6.45, 7) is 6.66. The molecule has 1 heterocycles. The van der Waals surface area contributed by atoms with Crippen LogP contribution in [0.25, 0.3) is 0 Å². The number of ether oxygens (including phenoxy) is 1. The molecule has 2 amide bonds. The molecule has 0 spiro atoms. The van der Waals surface area contributed by atoms with Crippen LogP contribution in [0.2, 0.25) is 0 Å². The second-order valence-corrected chi connectivity index (χ2v) is 9.01. The number of thioether (sulfide) groups is 1. The lowest BCUT2D eigenvalue weighted by atomic mass is 9.91. The third-order valence-electron chi connectivity index (χ3n) is 4.33. The van der Waals surface area contributed by atoms with Crippen LogP contribution in [-0.2, 0) is 14.3 Å². The highest BCUT2D eigenvalue weighted by molar-refractivity contribution is 8.02. The number of benzene rings is 2.